The van der Waals surface area contributed by atoms with Crippen LogP contribution in [0.5, 0.6) is 0 Å². The molecule has 0 N–H and O–H groups in total. The van der Waals surface area contributed by atoms with E-state index >= 15 is 0 Å². The lowest BCUT2D eigenvalue weighted by atomic mass is 10.4. The van der Waals surface area contributed by atoms with Gasteiger partial charge in [0.2, 0.25) is 0 Å². The van der Waals surface area contributed by atoms with E-state index in [0.717, 1.165) is 5.69 Å². The Morgan fingerprint density at radius 2 is 2.35 bits per heavy atom. The molecule has 0 aromatic carbocycles. The summed E-state index contributed by atoms with van der Waals surface area (Å²) in [6, 6.07) is 1.44. The van der Waals surface area contributed by atoms with Crippen LogP contribution in [0.25, 0.3) is 5.65 Å². The lowest BCUT2D eigenvalue weighted by molar-refractivity contribution is 0.0519. The Morgan fingerprint density at radius 3 is 3.00 bits per heavy atom. The van der Waals surface area contributed by atoms with Gasteiger partial charge in [0.05, 0.1) is 16.8 Å². The van der Waals surface area contributed by atoms with Crippen molar-refractivity contribution in [2.75, 3.05) is 6.61 Å². The average molecular weight is 319 g/mol. The molecule has 0 aliphatic carbocycles. The predicted octanol–water partition coefficient (Wildman–Crippen LogP) is 2.63. The van der Waals surface area contributed by atoms with Gasteiger partial charge in [-0.1, -0.05) is 11.6 Å². The minimum absolute atomic E-state index is 0.171. The first-order valence-electron chi connectivity index (χ1n) is 4.93. The highest BCUT2D eigenvalue weighted by atomic mass is 79.9. The molecule has 0 aliphatic heterocycles. The molecule has 0 spiro atoms. The first-order valence-corrected chi connectivity index (χ1v) is 6.10. The highest BCUT2D eigenvalue weighted by molar-refractivity contribution is 9.10. The third-order valence-corrected chi connectivity index (χ3v) is 3.33. The smallest absolute Gasteiger partial charge is 0.357 e. The Balaban J connectivity index is 2.61. The molecule has 2 rings (SSSR count). The molecule has 0 bridgehead atoms. The zero-order valence-corrected chi connectivity index (χ0v) is 11.5. The van der Waals surface area contributed by atoms with E-state index in [1.165, 1.54) is 10.6 Å². The Morgan fingerprint density at radius 1 is 1.65 bits per heavy atom. The Hall–Kier alpha value is -1.14. The van der Waals surface area contributed by atoms with E-state index in [-0.39, 0.29) is 5.69 Å². The topological polar surface area (TPSA) is 56.5 Å². The van der Waals surface area contributed by atoms with Crippen LogP contribution in [-0.2, 0) is 4.74 Å². The van der Waals surface area contributed by atoms with E-state index < -0.39 is 5.97 Å². The summed E-state index contributed by atoms with van der Waals surface area (Å²) in [5, 5.41) is 4.49. The van der Waals surface area contributed by atoms with Gasteiger partial charge in [0.25, 0.3) is 0 Å². The van der Waals surface area contributed by atoms with Crippen molar-refractivity contribution in [3.8, 4) is 0 Å². The first kappa shape index (κ1) is 12.3. The van der Waals surface area contributed by atoms with Crippen LogP contribution in [0.2, 0.25) is 5.15 Å². The van der Waals surface area contributed by atoms with Crippen LogP contribution in [0.15, 0.2) is 10.5 Å². The number of aryl methyl sites for hydroxylation is 1. The molecule has 0 radical (unpaired) electrons. The predicted molar refractivity (Wildman–Crippen MR) is 66.4 cm³/mol. The maximum Gasteiger partial charge on any atom is 0.357 e. The summed E-state index contributed by atoms with van der Waals surface area (Å²) in [7, 11) is 0. The lowest BCUT2D eigenvalue weighted by Crippen LogP contribution is -2.08. The number of esters is 1. The summed E-state index contributed by atoms with van der Waals surface area (Å²) in [6.07, 6.45) is 0. The second-order valence-electron chi connectivity index (χ2n) is 3.32. The van der Waals surface area contributed by atoms with Crippen LogP contribution in [0.1, 0.15) is 23.1 Å². The normalized spacial score (nSPS) is 10.8. The number of rotatable bonds is 2. The van der Waals surface area contributed by atoms with Crippen LogP contribution < -0.4 is 0 Å². The second kappa shape index (κ2) is 4.62. The Kier molecular flexibility index (Phi) is 3.35. The van der Waals surface area contributed by atoms with E-state index in [2.05, 4.69) is 26.0 Å². The maximum absolute atomic E-state index is 11.6. The molecule has 0 amide bonds. The zero-order valence-electron chi connectivity index (χ0n) is 9.20. The van der Waals surface area contributed by atoms with Gasteiger partial charge in [-0.05, 0) is 29.8 Å². The number of fused-ring (bicyclic) bond motifs is 1. The molecule has 0 saturated carbocycles. The van der Waals surface area contributed by atoms with Crippen molar-refractivity contribution in [2.45, 2.75) is 13.8 Å². The number of ether oxygens (including phenoxy) is 1. The molecule has 90 valence electrons. The first-order chi connectivity index (χ1) is 8.04. The van der Waals surface area contributed by atoms with Gasteiger partial charge in [0.15, 0.2) is 11.3 Å². The quantitative estimate of drug-likeness (QED) is 0.631. The van der Waals surface area contributed by atoms with Gasteiger partial charge in [0, 0.05) is 6.07 Å². The van der Waals surface area contributed by atoms with Crippen LogP contribution in [-0.4, -0.2) is 27.2 Å². The standard InChI is InChI=1S/C10H9BrClN3O2/c1-3-17-10(16)6-4-7(12)15-9(13-6)8(11)5(2)14-15/h4H,3H2,1-2H3. The molecule has 0 atom stereocenters. The van der Waals surface area contributed by atoms with E-state index in [0.29, 0.717) is 21.9 Å². The molecular weight excluding hydrogens is 309 g/mol. The van der Waals surface area contributed by atoms with Crippen molar-refractivity contribution >= 4 is 39.1 Å². The number of hydrogen-bond acceptors (Lipinski definition) is 4. The van der Waals surface area contributed by atoms with Gasteiger partial charge in [-0.25, -0.2) is 14.3 Å². The van der Waals surface area contributed by atoms with E-state index in [1.807, 2.05) is 6.92 Å². The molecule has 2 aromatic rings. The van der Waals surface area contributed by atoms with Crippen molar-refractivity contribution in [3.63, 3.8) is 0 Å². The number of hydrogen-bond donors (Lipinski definition) is 0. The highest BCUT2D eigenvalue weighted by Gasteiger charge is 2.16. The van der Waals surface area contributed by atoms with Crippen molar-refractivity contribution in [3.05, 3.63) is 27.1 Å². The summed E-state index contributed by atoms with van der Waals surface area (Å²) >= 11 is 9.37. The van der Waals surface area contributed by atoms with Gasteiger partial charge >= 0.3 is 5.97 Å². The van der Waals surface area contributed by atoms with E-state index in [1.54, 1.807) is 6.92 Å². The fourth-order valence-electron chi connectivity index (χ4n) is 1.37. The van der Waals surface area contributed by atoms with E-state index in [9.17, 15) is 4.79 Å². The number of halogens is 2. The molecule has 0 saturated heterocycles. The van der Waals surface area contributed by atoms with Crippen molar-refractivity contribution in [1.29, 1.82) is 0 Å². The second-order valence-corrected chi connectivity index (χ2v) is 4.50. The summed E-state index contributed by atoms with van der Waals surface area (Å²) in [5.74, 6) is -0.498. The van der Waals surface area contributed by atoms with Crippen LogP contribution in [0, 0.1) is 6.92 Å². The highest BCUT2D eigenvalue weighted by Crippen LogP contribution is 2.24. The summed E-state index contributed by atoms with van der Waals surface area (Å²) < 4.78 is 7.05. The number of aromatic nitrogens is 3. The molecule has 0 unspecified atom stereocenters. The SMILES string of the molecule is CCOC(=O)c1cc(Cl)n2nc(C)c(Br)c2n1. The third-order valence-electron chi connectivity index (χ3n) is 2.13. The molecule has 2 heterocycles. The van der Waals surface area contributed by atoms with Crippen molar-refractivity contribution in [1.82, 2.24) is 14.6 Å². The summed E-state index contributed by atoms with van der Waals surface area (Å²) in [5.41, 5.74) is 1.42. The molecule has 0 fully saturated rings. The Bertz CT molecular complexity index is 597. The van der Waals surface area contributed by atoms with Gasteiger partial charge in [-0.15, -0.1) is 0 Å². The fraction of sp³-hybridized carbons (Fsp3) is 0.300. The Labute approximate surface area is 111 Å². The van der Waals surface area contributed by atoms with Crippen molar-refractivity contribution < 1.29 is 9.53 Å². The minimum atomic E-state index is -0.498. The molecule has 5 nitrogen and oxygen atoms in total. The maximum atomic E-state index is 11.6. The number of nitrogens with zero attached hydrogens (tertiary/aromatic N) is 3. The zero-order chi connectivity index (χ0) is 12.6. The lowest BCUT2D eigenvalue weighted by Gasteiger charge is -2.03. The van der Waals surface area contributed by atoms with Crippen LogP contribution in [0.4, 0.5) is 0 Å². The van der Waals surface area contributed by atoms with E-state index in [4.69, 9.17) is 16.3 Å². The largest absolute Gasteiger partial charge is 0.461 e. The van der Waals surface area contributed by atoms with Crippen LogP contribution >= 0.6 is 27.5 Å². The van der Waals surface area contributed by atoms with Crippen LogP contribution in [0.3, 0.4) is 0 Å². The van der Waals surface area contributed by atoms with Gasteiger partial charge in [0.1, 0.15) is 5.15 Å². The average Bonchev–Trinajstić information content (AvgIpc) is 2.57. The van der Waals surface area contributed by atoms with Crippen molar-refractivity contribution in [2.24, 2.45) is 0 Å². The van der Waals surface area contributed by atoms with Gasteiger partial charge in [-0.2, -0.15) is 5.10 Å². The van der Waals surface area contributed by atoms with Gasteiger partial charge < -0.3 is 4.74 Å². The molecule has 17 heavy (non-hydrogen) atoms. The molecule has 7 heteroatoms. The number of carbonyl (C=O) groups excluding carboxylic acids is 1. The molecular formula is C10H9BrClN3O2. The minimum Gasteiger partial charge on any atom is -0.461 e. The van der Waals surface area contributed by atoms with Gasteiger partial charge in [-0.3, -0.25) is 0 Å². The monoisotopic (exact) mass is 317 g/mol. The molecule has 0 aliphatic rings. The number of carbonyl (C=O) groups is 1. The summed E-state index contributed by atoms with van der Waals surface area (Å²) in [4.78, 5) is 15.7. The third kappa shape index (κ3) is 2.14. The summed E-state index contributed by atoms with van der Waals surface area (Å²) in [6.45, 7) is 3.85. The fourth-order valence-corrected chi connectivity index (χ4v) is 1.93. The molecule has 2 aromatic heterocycles.